The highest BCUT2D eigenvalue weighted by Crippen LogP contribution is 2.43. The van der Waals surface area contributed by atoms with E-state index in [0.717, 1.165) is 5.56 Å². The van der Waals surface area contributed by atoms with Crippen molar-refractivity contribution in [2.24, 2.45) is 0 Å². The number of hydrogen-bond donors (Lipinski definition) is 1. The lowest BCUT2D eigenvalue weighted by Gasteiger charge is -2.42. The fourth-order valence-corrected chi connectivity index (χ4v) is 4.62. The van der Waals surface area contributed by atoms with Crippen LogP contribution in [0.1, 0.15) is 35.5 Å². The summed E-state index contributed by atoms with van der Waals surface area (Å²) in [5, 5.41) is 2.63. The molecule has 10 nitrogen and oxygen atoms in total. The van der Waals surface area contributed by atoms with Gasteiger partial charge in [-0.15, -0.1) is 0 Å². The fourth-order valence-electron chi connectivity index (χ4n) is 4.62. The molecule has 2 fully saturated rings. The zero-order valence-corrected chi connectivity index (χ0v) is 20.2. The Labute approximate surface area is 213 Å². The van der Waals surface area contributed by atoms with Gasteiger partial charge in [-0.2, -0.15) is 4.98 Å². The van der Waals surface area contributed by atoms with Crippen molar-refractivity contribution in [3.8, 4) is 0 Å². The molecule has 0 spiro atoms. The van der Waals surface area contributed by atoms with Crippen molar-refractivity contribution in [2.75, 3.05) is 18.5 Å². The van der Waals surface area contributed by atoms with Crippen molar-refractivity contribution in [3.05, 3.63) is 94.5 Å². The molecule has 1 N–H and O–H groups in total. The third-order valence-electron chi connectivity index (χ3n) is 6.41. The minimum Gasteiger partial charge on any atom is -0.463 e. The van der Waals surface area contributed by atoms with E-state index in [0.29, 0.717) is 18.6 Å². The predicted molar refractivity (Wildman–Crippen MR) is 132 cm³/mol. The third kappa shape index (κ3) is 5.46. The van der Waals surface area contributed by atoms with E-state index in [-0.39, 0.29) is 31.0 Å². The van der Waals surface area contributed by atoms with Crippen LogP contribution in [0.15, 0.2) is 77.7 Å². The molecule has 1 aromatic heterocycles. The maximum atomic E-state index is 12.9. The van der Waals surface area contributed by atoms with E-state index in [4.69, 9.17) is 18.9 Å². The summed E-state index contributed by atoms with van der Waals surface area (Å²) in [7, 11) is 0. The van der Waals surface area contributed by atoms with Gasteiger partial charge in [-0.3, -0.25) is 14.2 Å². The Bertz CT molecular complexity index is 1310. The summed E-state index contributed by atoms with van der Waals surface area (Å²) in [4.78, 5) is 41.0. The second-order valence-corrected chi connectivity index (χ2v) is 9.04. The van der Waals surface area contributed by atoms with Gasteiger partial charge in [0.1, 0.15) is 24.8 Å². The highest BCUT2D eigenvalue weighted by atomic mass is 16.6. The molecule has 2 bridgehead atoms. The first-order valence-corrected chi connectivity index (χ1v) is 12.0. The number of fused-ring (bicyclic) bond motifs is 2. The molecule has 1 amide bonds. The number of aromatic nitrogens is 2. The van der Waals surface area contributed by atoms with Crippen LogP contribution in [0.3, 0.4) is 0 Å². The maximum absolute atomic E-state index is 12.9. The van der Waals surface area contributed by atoms with Crippen molar-refractivity contribution < 1.29 is 28.5 Å². The van der Waals surface area contributed by atoms with Crippen LogP contribution in [0.4, 0.5) is 5.82 Å². The number of carbonyl (C=O) groups excluding carboxylic acids is 2. The van der Waals surface area contributed by atoms with Crippen LogP contribution in [0.2, 0.25) is 0 Å². The number of benzene rings is 2. The largest absolute Gasteiger partial charge is 0.463 e. The molecule has 37 heavy (non-hydrogen) atoms. The first-order valence-electron chi connectivity index (χ1n) is 12.0. The Morgan fingerprint density at radius 3 is 2.54 bits per heavy atom. The Hall–Kier alpha value is -3.86. The van der Waals surface area contributed by atoms with E-state index in [1.807, 2.05) is 36.4 Å². The number of carbonyl (C=O) groups is 2. The number of nitrogens with one attached hydrogen (secondary N) is 1. The van der Waals surface area contributed by atoms with E-state index < -0.39 is 29.6 Å². The number of ether oxygens (including phenoxy) is 4. The topological polar surface area (TPSA) is 118 Å². The van der Waals surface area contributed by atoms with Gasteiger partial charge in [-0.05, 0) is 23.8 Å². The monoisotopic (exact) mass is 505 g/mol. The molecule has 1 unspecified atom stereocenters. The zero-order valence-electron chi connectivity index (χ0n) is 20.2. The molecule has 3 heterocycles. The van der Waals surface area contributed by atoms with E-state index >= 15 is 0 Å². The maximum Gasteiger partial charge on any atom is 0.351 e. The van der Waals surface area contributed by atoms with Crippen molar-refractivity contribution in [1.29, 1.82) is 0 Å². The van der Waals surface area contributed by atoms with Crippen LogP contribution in [0.25, 0.3) is 0 Å². The molecule has 4 atom stereocenters. The third-order valence-corrected chi connectivity index (χ3v) is 6.41. The minimum absolute atomic E-state index is 0.0812. The average Bonchev–Trinajstić information content (AvgIpc) is 3.11. The van der Waals surface area contributed by atoms with Gasteiger partial charge >= 0.3 is 11.7 Å². The SMILES string of the molecule is CC(=O)OC[C@@]12COC(C[C@H](n3ccc(NC(=O)c4ccccc4)nc3=O)O1)[C@@H]2OCc1ccccc1. The standard InChI is InChI=1S/C27H27N3O7/c1-18(31)35-16-27-17-36-21(24(27)34-15-19-8-4-2-5-9-19)14-23(37-27)30-13-12-22(29-26(30)33)28-25(32)20-10-6-3-7-11-20/h2-13,21,23-24H,14-17H2,1H3,(H,28,29,32,33)/t21?,23-,24+,27+/m1/s1. The van der Waals surface area contributed by atoms with Gasteiger partial charge in [0.25, 0.3) is 5.91 Å². The van der Waals surface area contributed by atoms with Gasteiger partial charge in [-0.1, -0.05) is 48.5 Å². The first kappa shape index (κ1) is 24.8. The van der Waals surface area contributed by atoms with Crippen LogP contribution in [-0.2, 0) is 30.3 Å². The summed E-state index contributed by atoms with van der Waals surface area (Å²) in [6.45, 7) is 1.72. The van der Waals surface area contributed by atoms with Crippen LogP contribution in [-0.4, -0.2) is 52.5 Å². The molecule has 2 aliphatic rings. The minimum atomic E-state index is -1.09. The summed E-state index contributed by atoms with van der Waals surface area (Å²) in [5.41, 5.74) is -0.248. The lowest BCUT2D eigenvalue weighted by Crippen LogP contribution is -2.57. The number of amides is 1. The Balaban J connectivity index is 1.33. The van der Waals surface area contributed by atoms with Crippen LogP contribution in [0.5, 0.6) is 0 Å². The molecule has 3 aromatic rings. The summed E-state index contributed by atoms with van der Waals surface area (Å²) in [5.74, 6) is -0.698. The molecule has 5 rings (SSSR count). The Morgan fingerprint density at radius 2 is 1.84 bits per heavy atom. The lowest BCUT2D eigenvalue weighted by atomic mass is 9.91. The van der Waals surface area contributed by atoms with Crippen molar-refractivity contribution in [2.45, 2.75) is 44.0 Å². The van der Waals surface area contributed by atoms with Gasteiger partial charge < -0.3 is 24.3 Å². The molecule has 0 radical (unpaired) electrons. The fraction of sp³-hybridized carbons (Fsp3) is 0.333. The van der Waals surface area contributed by atoms with Crippen molar-refractivity contribution in [3.63, 3.8) is 0 Å². The van der Waals surface area contributed by atoms with Crippen molar-refractivity contribution >= 4 is 17.7 Å². The van der Waals surface area contributed by atoms with E-state index in [9.17, 15) is 14.4 Å². The summed E-state index contributed by atoms with van der Waals surface area (Å²) in [6, 6.07) is 19.9. The quantitative estimate of drug-likeness (QED) is 0.465. The van der Waals surface area contributed by atoms with Crippen LogP contribution < -0.4 is 11.0 Å². The lowest BCUT2D eigenvalue weighted by molar-refractivity contribution is -0.229. The molecule has 2 saturated heterocycles. The predicted octanol–water partition coefficient (Wildman–Crippen LogP) is 2.70. The molecule has 10 heteroatoms. The van der Waals surface area contributed by atoms with Gasteiger partial charge in [0.2, 0.25) is 0 Å². The smallest absolute Gasteiger partial charge is 0.351 e. The van der Waals surface area contributed by atoms with Gasteiger partial charge in [0.15, 0.2) is 5.60 Å². The van der Waals surface area contributed by atoms with Crippen LogP contribution >= 0.6 is 0 Å². The Morgan fingerprint density at radius 1 is 1.11 bits per heavy atom. The second-order valence-electron chi connectivity index (χ2n) is 9.04. The molecule has 2 aromatic carbocycles. The number of esters is 1. The number of anilines is 1. The van der Waals surface area contributed by atoms with E-state index in [2.05, 4.69) is 10.3 Å². The first-order chi connectivity index (χ1) is 17.9. The highest BCUT2D eigenvalue weighted by Gasteiger charge is 2.58. The molecule has 0 saturated carbocycles. The van der Waals surface area contributed by atoms with Gasteiger partial charge in [0.05, 0.1) is 19.3 Å². The zero-order chi connectivity index (χ0) is 25.8. The summed E-state index contributed by atoms with van der Waals surface area (Å²) in [6.07, 6.45) is 0.237. The van der Waals surface area contributed by atoms with E-state index in [1.54, 1.807) is 24.3 Å². The second kappa shape index (κ2) is 10.6. The van der Waals surface area contributed by atoms with Gasteiger partial charge in [0, 0.05) is 25.1 Å². The van der Waals surface area contributed by atoms with E-state index in [1.165, 1.54) is 23.8 Å². The average molecular weight is 506 g/mol. The number of nitrogens with zero attached hydrogens (tertiary/aromatic N) is 2. The number of hydrogen-bond acceptors (Lipinski definition) is 8. The molecule has 0 aliphatic carbocycles. The summed E-state index contributed by atoms with van der Waals surface area (Å²) >= 11 is 0. The molecular formula is C27H27N3O7. The molecular weight excluding hydrogens is 478 g/mol. The Kier molecular flexibility index (Phi) is 7.13. The van der Waals surface area contributed by atoms with Crippen LogP contribution in [0, 0.1) is 0 Å². The molecule has 192 valence electrons. The van der Waals surface area contributed by atoms with Crippen molar-refractivity contribution in [1.82, 2.24) is 9.55 Å². The highest BCUT2D eigenvalue weighted by molar-refractivity contribution is 6.03. The summed E-state index contributed by atoms with van der Waals surface area (Å²) < 4.78 is 25.3. The number of rotatable bonds is 8. The van der Waals surface area contributed by atoms with Gasteiger partial charge in [-0.25, -0.2) is 4.79 Å². The molecule has 2 aliphatic heterocycles. The normalized spacial score (nSPS) is 24.4.